The first kappa shape index (κ1) is 18.7. The third kappa shape index (κ3) is 5.80. The molecule has 0 unspecified atom stereocenters. The summed E-state index contributed by atoms with van der Waals surface area (Å²) in [5, 5.41) is 11.8. The number of nitriles is 1. The second-order valence-corrected chi connectivity index (χ2v) is 5.28. The molecule has 0 saturated carbocycles. The molecular formula is C20H18N2O4. The van der Waals surface area contributed by atoms with Gasteiger partial charge in [-0.05, 0) is 29.3 Å². The van der Waals surface area contributed by atoms with Gasteiger partial charge in [-0.2, -0.15) is 5.26 Å². The minimum Gasteiger partial charge on any atom is -0.497 e. The Morgan fingerprint density at radius 1 is 1.12 bits per heavy atom. The minimum atomic E-state index is -0.849. The largest absolute Gasteiger partial charge is 0.497 e. The predicted octanol–water partition coefficient (Wildman–Crippen LogP) is 2.46. The zero-order chi connectivity index (χ0) is 18.8. The van der Waals surface area contributed by atoms with Gasteiger partial charge in [0.05, 0.1) is 7.11 Å². The van der Waals surface area contributed by atoms with Gasteiger partial charge in [0.2, 0.25) is 0 Å². The van der Waals surface area contributed by atoms with Crippen LogP contribution in [-0.2, 0) is 20.9 Å². The van der Waals surface area contributed by atoms with Crippen molar-refractivity contribution in [2.45, 2.75) is 6.54 Å². The van der Waals surface area contributed by atoms with Gasteiger partial charge in [0.25, 0.3) is 5.91 Å². The number of nitrogens with one attached hydrogen (secondary N) is 1. The Kier molecular flexibility index (Phi) is 6.95. The lowest BCUT2D eigenvalue weighted by atomic mass is 10.1. The molecule has 2 rings (SSSR count). The highest BCUT2D eigenvalue weighted by molar-refractivity contribution is 5.98. The van der Waals surface area contributed by atoms with Crippen molar-refractivity contribution in [3.05, 3.63) is 71.3 Å². The fourth-order valence-corrected chi connectivity index (χ4v) is 2.06. The van der Waals surface area contributed by atoms with Gasteiger partial charge in [-0.3, -0.25) is 4.79 Å². The van der Waals surface area contributed by atoms with Crippen LogP contribution in [-0.4, -0.2) is 25.6 Å². The number of rotatable bonds is 7. The summed E-state index contributed by atoms with van der Waals surface area (Å²) >= 11 is 0. The number of ether oxygens (including phenoxy) is 2. The van der Waals surface area contributed by atoms with Crippen LogP contribution in [0.3, 0.4) is 0 Å². The molecule has 0 spiro atoms. The van der Waals surface area contributed by atoms with E-state index in [0.29, 0.717) is 17.9 Å². The molecule has 0 bridgehead atoms. The maximum atomic E-state index is 12.0. The number of carbonyl (C=O) groups excluding carboxylic acids is 2. The summed E-state index contributed by atoms with van der Waals surface area (Å²) in [5.41, 5.74) is 1.39. The molecule has 6 nitrogen and oxygen atoms in total. The summed E-state index contributed by atoms with van der Waals surface area (Å²) in [6, 6.07) is 18.0. The molecule has 1 N–H and O–H groups in total. The Bertz CT molecular complexity index is 821. The van der Waals surface area contributed by atoms with Crippen LogP contribution in [0.5, 0.6) is 5.75 Å². The SMILES string of the molecule is COc1ccc(/C=C(\C#N)C(=O)OCC(=O)NCc2ccccc2)cc1. The first-order valence-electron chi connectivity index (χ1n) is 7.86. The summed E-state index contributed by atoms with van der Waals surface area (Å²) in [6.45, 7) is -0.114. The van der Waals surface area contributed by atoms with Crippen LogP contribution in [0, 0.1) is 11.3 Å². The quantitative estimate of drug-likeness (QED) is 0.471. The van der Waals surface area contributed by atoms with Gasteiger partial charge in [0.1, 0.15) is 17.4 Å². The topological polar surface area (TPSA) is 88.4 Å². The summed E-state index contributed by atoms with van der Waals surface area (Å²) in [5.74, 6) is -0.625. The maximum absolute atomic E-state index is 12.0. The van der Waals surface area contributed by atoms with E-state index in [0.717, 1.165) is 5.56 Å². The van der Waals surface area contributed by atoms with Crippen LogP contribution in [0.2, 0.25) is 0 Å². The first-order chi connectivity index (χ1) is 12.6. The highest BCUT2D eigenvalue weighted by atomic mass is 16.5. The molecule has 0 atom stereocenters. The number of amides is 1. The molecule has 1 amide bonds. The second-order valence-electron chi connectivity index (χ2n) is 5.28. The molecule has 0 heterocycles. The Morgan fingerprint density at radius 3 is 2.42 bits per heavy atom. The number of hydrogen-bond acceptors (Lipinski definition) is 5. The zero-order valence-corrected chi connectivity index (χ0v) is 14.3. The molecule has 0 saturated heterocycles. The van der Waals surface area contributed by atoms with Crippen LogP contribution < -0.4 is 10.1 Å². The van der Waals surface area contributed by atoms with Crippen LogP contribution in [0.1, 0.15) is 11.1 Å². The monoisotopic (exact) mass is 350 g/mol. The third-order valence-corrected chi connectivity index (χ3v) is 3.43. The molecule has 0 radical (unpaired) electrons. The molecule has 0 aliphatic carbocycles. The van der Waals surface area contributed by atoms with Crippen LogP contribution in [0.25, 0.3) is 6.08 Å². The maximum Gasteiger partial charge on any atom is 0.349 e. The van der Waals surface area contributed by atoms with E-state index in [9.17, 15) is 9.59 Å². The van der Waals surface area contributed by atoms with E-state index in [1.165, 1.54) is 6.08 Å². The van der Waals surface area contributed by atoms with Gasteiger partial charge >= 0.3 is 5.97 Å². The molecule has 0 aromatic heterocycles. The van der Waals surface area contributed by atoms with Crippen molar-refractivity contribution in [2.75, 3.05) is 13.7 Å². The molecule has 6 heteroatoms. The van der Waals surface area contributed by atoms with Gasteiger partial charge in [0.15, 0.2) is 6.61 Å². The number of nitrogens with zero attached hydrogens (tertiary/aromatic N) is 1. The van der Waals surface area contributed by atoms with Gasteiger partial charge in [0, 0.05) is 6.54 Å². The van der Waals surface area contributed by atoms with Crippen molar-refractivity contribution in [1.82, 2.24) is 5.32 Å². The Hall–Kier alpha value is -3.59. The molecular weight excluding hydrogens is 332 g/mol. The zero-order valence-electron chi connectivity index (χ0n) is 14.3. The van der Waals surface area contributed by atoms with E-state index < -0.39 is 18.5 Å². The molecule has 0 fully saturated rings. The second kappa shape index (κ2) is 9.64. The summed E-state index contributed by atoms with van der Waals surface area (Å²) in [7, 11) is 1.55. The highest BCUT2D eigenvalue weighted by Gasteiger charge is 2.13. The molecule has 2 aromatic carbocycles. The van der Waals surface area contributed by atoms with Crippen LogP contribution in [0.15, 0.2) is 60.2 Å². The smallest absolute Gasteiger partial charge is 0.349 e. The van der Waals surface area contributed by atoms with E-state index in [-0.39, 0.29) is 5.57 Å². The van der Waals surface area contributed by atoms with Crippen molar-refractivity contribution < 1.29 is 19.1 Å². The van der Waals surface area contributed by atoms with Crippen molar-refractivity contribution in [1.29, 1.82) is 5.26 Å². The Balaban J connectivity index is 1.87. The van der Waals surface area contributed by atoms with Crippen molar-refractivity contribution in [2.24, 2.45) is 0 Å². The number of benzene rings is 2. The average Bonchev–Trinajstić information content (AvgIpc) is 2.69. The fourth-order valence-electron chi connectivity index (χ4n) is 2.06. The molecule has 2 aromatic rings. The van der Waals surface area contributed by atoms with Crippen molar-refractivity contribution in [3.8, 4) is 11.8 Å². The number of esters is 1. The molecule has 26 heavy (non-hydrogen) atoms. The number of methoxy groups -OCH3 is 1. The molecule has 132 valence electrons. The Labute approximate surface area is 151 Å². The minimum absolute atomic E-state index is 0.189. The van der Waals surface area contributed by atoms with E-state index in [1.54, 1.807) is 37.4 Å². The molecule has 0 aliphatic rings. The van der Waals surface area contributed by atoms with E-state index >= 15 is 0 Å². The lowest BCUT2D eigenvalue weighted by molar-refractivity contribution is -0.144. The highest BCUT2D eigenvalue weighted by Crippen LogP contribution is 2.14. The molecule has 0 aliphatic heterocycles. The fraction of sp³-hybridized carbons (Fsp3) is 0.150. The first-order valence-corrected chi connectivity index (χ1v) is 7.86. The van der Waals surface area contributed by atoms with Crippen molar-refractivity contribution in [3.63, 3.8) is 0 Å². The van der Waals surface area contributed by atoms with Crippen LogP contribution >= 0.6 is 0 Å². The number of hydrogen-bond donors (Lipinski definition) is 1. The summed E-state index contributed by atoms with van der Waals surface area (Å²) < 4.78 is 9.94. The lowest BCUT2D eigenvalue weighted by Gasteiger charge is -2.06. The Morgan fingerprint density at radius 2 is 1.81 bits per heavy atom. The van der Waals surface area contributed by atoms with E-state index in [2.05, 4.69) is 5.32 Å². The predicted molar refractivity (Wildman–Crippen MR) is 95.8 cm³/mol. The van der Waals surface area contributed by atoms with E-state index in [4.69, 9.17) is 14.7 Å². The third-order valence-electron chi connectivity index (χ3n) is 3.43. The average molecular weight is 350 g/mol. The van der Waals surface area contributed by atoms with Gasteiger partial charge in [-0.15, -0.1) is 0 Å². The van der Waals surface area contributed by atoms with Gasteiger partial charge in [-0.25, -0.2) is 4.79 Å². The van der Waals surface area contributed by atoms with E-state index in [1.807, 2.05) is 30.3 Å². The standard InChI is InChI=1S/C20H18N2O4/c1-25-18-9-7-15(8-10-18)11-17(12-21)20(24)26-14-19(23)22-13-16-5-3-2-4-6-16/h2-11H,13-14H2,1H3,(H,22,23)/b17-11+. The van der Waals surface area contributed by atoms with Crippen molar-refractivity contribution >= 4 is 18.0 Å². The van der Waals surface area contributed by atoms with Crippen LogP contribution in [0.4, 0.5) is 0 Å². The lowest BCUT2D eigenvalue weighted by Crippen LogP contribution is -2.28. The normalized spacial score (nSPS) is 10.5. The number of carbonyl (C=O) groups is 2. The van der Waals surface area contributed by atoms with Gasteiger partial charge < -0.3 is 14.8 Å². The summed E-state index contributed by atoms with van der Waals surface area (Å²) in [4.78, 5) is 23.7. The summed E-state index contributed by atoms with van der Waals surface area (Å²) in [6.07, 6.45) is 1.39. The van der Waals surface area contributed by atoms with Gasteiger partial charge in [-0.1, -0.05) is 42.5 Å².